The molecule has 0 spiro atoms. The Kier molecular flexibility index (Phi) is 4.57. The fourth-order valence-electron chi connectivity index (χ4n) is 3.49. The van der Waals surface area contributed by atoms with Crippen LogP contribution in [0, 0.1) is 11.3 Å². The number of ether oxygens (including phenoxy) is 1. The zero-order valence-electron chi connectivity index (χ0n) is 14.2. The molecule has 128 valence electrons. The molecule has 7 heteroatoms. The molecule has 2 amide bonds. The highest BCUT2D eigenvalue weighted by atomic mass is 16.5. The maximum atomic E-state index is 12.6. The van der Waals surface area contributed by atoms with Gasteiger partial charge in [-0.3, -0.25) is 5.10 Å². The lowest BCUT2D eigenvalue weighted by Gasteiger charge is -2.26. The molecule has 1 aliphatic carbocycles. The minimum atomic E-state index is -0.0982. The first kappa shape index (κ1) is 16.2. The minimum Gasteiger partial charge on any atom is -0.380 e. The molecular weight excluding hydrogens is 294 g/mol. The number of aromatic nitrogens is 3. The van der Waals surface area contributed by atoms with Crippen LogP contribution in [0.15, 0.2) is 6.33 Å². The average Bonchev–Trinajstić information content (AvgIpc) is 3.10. The van der Waals surface area contributed by atoms with Crippen molar-refractivity contribution in [3.05, 3.63) is 12.2 Å². The third kappa shape index (κ3) is 3.65. The zero-order chi connectivity index (χ0) is 16.4. The Morgan fingerprint density at radius 3 is 2.91 bits per heavy atom. The Morgan fingerprint density at radius 2 is 2.30 bits per heavy atom. The highest BCUT2D eigenvalue weighted by Gasteiger charge is 2.39. The van der Waals surface area contributed by atoms with E-state index in [-0.39, 0.29) is 18.2 Å². The number of H-pyrrole nitrogens is 1. The number of aromatic amines is 1. The van der Waals surface area contributed by atoms with Crippen LogP contribution in [0.5, 0.6) is 0 Å². The molecule has 0 bridgehead atoms. The van der Waals surface area contributed by atoms with Gasteiger partial charge in [0.2, 0.25) is 0 Å². The van der Waals surface area contributed by atoms with Gasteiger partial charge in [-0.2, -0.15) is 5.10 Å². The topological polar surface area (TPSA) is 83.1 Å². The van der Waals surface area contributed by atoms with E-state index < -0.39 is 0 Å². The SMILES string of the molecule is CO[C@@H]1C[C@@H](c2ncn[nH]2)N(C(=O)NCCC(C)(C)C2CC2)C1. The number of carbonyl (C=O) groups is 1. The number of rotatable bonds is 6. The van der Waals surface area contributed by atoms with Crippen molar-refractivity contribution in [3.8, 4) is 0 Å². The largest absolute Gasteiger partial charge is 0.380 e. The van der Waals surface area contributed by atoms with Crippen LogP contribution >= 0.6 is 0 Å². The van der Waals surface area contributed by atoms with Crippen LogP contribution in [0.3, 0.4) is 0 Å². The van der Waals surface area contributed by atoms with Gasteiger partial charge in [0, 0.05) is 26.6 Å². The zero-order valence-corrected chi connectivity index (χ0v) is 14.2. The first-order valence-corrected chi connectivity index (χ1v) is 8.44. The van der Waals surface area contributed by atoms with Gasteiger partial charge in [0.15, 0.2) is 0 Å². The molecule has 1 aromatic heterocycles. The van der Waals surface area contributed by atoms with Crippen LogP contribution in [-0.4, -0.2) is 52.4 Å². The standard InChI is InChI=1S/C16H27N5O2/c1-16(2,11-4-5-11)6-7-17-15(22)21-9-12(23-3)8-13(21)14-18-10-19-20-14/h10-13H,4-9H2,1-3H3,(H,17,22)(H,18,19,20)/t12-,13+/m1/s1. The summed E-state index contributed by atoms with van der Waals surface area (Å²) in [6.45, 7) is 5.88. The summed E-state index contributed by atoms with van der Waals surface area (Å²) < 4.78 is 5.43. The first-order valence-electron chi connectivity index (χ1n) is 8.44. The summed E-state index contributed by atoms with van der Waals surface area (Å²) in [5, 5.41) is 9.84. The van der Waals surface area contributed by atoms with Gasteiger partial charge in [-0.05, 0) is 30.6 Å². The molecule has 2 N–H and O–H groups in total. The number of nitrogens with one attached hydrogen (secondary N) is 2. The van der Waals surface area contributed by atoms with Crippen molar-refractivity contribution in [2.75, 3.05) is 20.2 Å². The van der Waals surface area contributed by atoms with E-state index in [4.69, 9.17) is 4.74 Å². The van der Waals surface area contributed by atoms with Gasteiger partial charge in [0.05, 0.1) is 12.1 Å². The van der Waals surface area contributed by atoms with Gasteiger partial charge in [0.1, 0.15) is 12.2 Å². The van der Waals surface area contributed by atoms with Crippen molar-refractivity contribution in [2.45, 2.75) is 51.7 Å². The van der Waals surface area contributed by atoms with Gasteiger partial charge >= 0.3 is 6.03 Å². The molecule has 0 unspecified atom stereocenters. The monoisotopic (exact) mass is 321 g/mol. The molecular formula is C16H27N5O2. The lowest BCUT2D eigenvalue weighted by Crippen LogP contribution is -2.41. The van der Waals surface area contributed by atoms with Crippen LogP contribution < -0.4 is 5.32 Å². The van der Waals surface area contributed by atoms with E-state index in [9.17, 15) is 4.79 Å². The lowest BCUT2D eigenvalue weighted by atomic mass is 9.84. The van der Waals surface area contributed by atoms with Gasteiger partial charge in [-0.15, -0.1) is 0 Å². The van der Waals surface area contributed by atoms with Crippen LogP contribution in [-0.2, 0) is 4.74 Å². The van der Waals surface area contributed by atoms with Crippen LogP contribution in [0.2, 0.25) is 0 Å². The molecule has 0 aromatic carbocycles. The Hall–Kier alpha value is -1.63. The molecule has 3 rings (SSSR count). The number of nitrogens with zero attached hydrogens (tertiary/aromatic N) is 3. The number of carbonyl (C=O) groups excluding carboxylic acids is 1. The second kappa shape index (κ2) is 6.47. The lowest BCUT2D eigenvalue weighted by molar-refractivity contribution is 0.110. The molecule has 23 heavy (non-hydrogen) atoms. The third-order valence-electron chi connectivity index (χ3n) is 5.33. The van der Waals surface area contributed by atoms with E-state index in [1.807, 2.05) is 0 Å². The van der Waals surface area contributed by atoms with Crippen LogP contribution in [0.25, 0.3) is 0 Å². The first-order chi connectivity index (χ1) is 11.0. The third-order valence-corrected chi connectivity index (χ3v) is 5.33. The molecule has 0 radical (unpaired) electrons. The van der Waals surface area contributed by atoms with E-state index in [1.54, 1.807) is 12.0 Å². The molecule has 2 atom stereocenters. The molecule has 2 fully saturated rings. The van der Waals surface area contributed by atoms with E-state index in [0.29, 0.717) is 18.5 Å². The maximum absolute atomic E-state index is 12.6. The Morgan fingerprint density at radius 1 is 1.52 bits per heavy atom. The Bertz CT molecular complexity index is 527. The van der Waals surface area contributed by atoms with Gasteiger partial charge in [0.25, 0.3) is 0 Å². The number of hydrogen-bond acceptors (Lipinski definition) is 4. The van der Waals surface area contributed by atoms with E-state index in [1.165, 1.54) is 19.2 Å². The van der Waals surface area contributed by atoms with Gasteiger partial charge in [-0.1, -0.05) is 13.8 Å². The normalized spacial score (nSPS) is 24.9. The van der Waals surface area contributed by atoms with Crippen LogP contribution in [0.1, 0.15) is 51.4 Å². The maximum Gasteiger partial charge on any atom is 0.318 e. The number of hydrogen-bond donors (Lipinski definition) is 2. The second-order valence-corrected chi connectivity index (χ2v) is 7.38. The molecule has 1 saturated carbocycles. The highest BCUT2D eigenvalue weighted by Crippen LogP contribution is 2.46. The summed E-state index contributed by atoms with van der Waals surface area (Å²) in [5.41, 5.74) is 0.317. The average molecular weight is 321 g/mol. The number of urea groups is 1. The Labute approximate surface area is 137 Å². The fourth-order valence-corrected chi connectivity index (χ4v) is 3.49. The van der Waals surface area contributed by atoms with Crippen LogP contribution in [0.4, 0.5) is 4.79 Å². The van der Waals surface area contributed by atoms with Crippen molar-refractivity contribution in [1.29, 1.82) is 0 Å². The molecule has 2 aliphatic rings. The summed E-state index contributed by atoms with van der Waals surface area (Å²) in [5.74, 6) is 1.55. The van der Waals surface area contributed by atoms with Gasteiger partial charge < -0.3 is 15.0 Å². The number of likely N-dealkylation sites (tertiary alicyclic amines) is 1. The fraction of sp³-hybridized carbons (Fsp3) is 0.812. The second-order valence-electron chi connectivity index (χ2n) is 7.38. The quantitative estimate of drug-likeness (QED) is 0.840. The van der Waals surface area contributed by atoms with E-state index >= 15 is 0 Å². The summed E-state index contributed by atoms with van der Waals surface area (Å²) in [7, 11) is 1.68. The smallest absolute Gasteiger partial charge is 0.318 e. The molecule has 2 heterocycles. The van der Waals surface area contributed by atoms with E-state index in [0.717, 1.165) is 24.6 Å². The predicted molar refractivity (Wildman–Crippen MR) is 85.8 cm³/mol. The predicted octanol–water partition coefficient (Wildman–Crippen LogP) is 2.10. The molecule has 1 saturated heterocycles. The molecule has 1 aliphatic heterocycles. The number of methoxy groups -OCH3 is 1. The van der Waals surface area contributed by atoms with E-state index in [2.05, 4.69) is 34.3 Å². The van der Waals surface area contributed by atoms with Crippen molar-refractivity contribution < 1.29 is 9.53 Å². The van der Waals surface area contributed by atoms with Crippen molar-refractivity contribution in [3.63, 3.8) is 0 Å². The van der Waals surface area contributed by atoms with Crippen molar-refractivity contribution >= 4 is 6.03 Å². The van der Waals surface area contributed by atoms with Crippen molar-refractivity contribution in [1.82, 2.24) is 25.4 Å². The molecule has 1 aromatic rings. The van der Waals surface area contributed by atoms with Crippen molar-refractivity contribution in [2.24, 2.45) is 11.3 Å². The summed E-state index contributed by atoms with van der Waals surface area (Å²) in [4.78, 5) is 18.6. The minimum absolute atomic E-state index is 0.0405. The summed E-state index contributed by atoms with van der Waals surface area (Å²) in [6, 6.07) is -0.142. The Balaban J connectivity index is 1.56. The number of amides is 2. The summed E-state index contributed by atoms with van der Waals surface area (Å²) in [6.07, 6.45) is 5.93. The van der Waals surface area contributed by atoms with Gasteiger partial charge in [-0.25, -0.2) is 9.78 Å². The molecule has 7 nitrogen and oxygen atoms in total. The highest BCUT2D eigenvalue weighted by molar-refractivity contribution is 5.75. The summed E-state index contributed by atoms with van der Waals surface area (Å²) >= 11 is 0.